The van der Waals surface area contributed by atoms with E-state index in [4.69, 9.17) is 16.2 Å². The number of H-pyrrole nitrogens is 1. The monoisotopic (exact) mass is 421 g/mol. The standard InChI is InChI=1S/C21H23N7O3/c1-11(27-28-21(22)23)13-4-6-15(7-5-13)25-20(30)18-8-14-9-19(31-3)17(24-12(2)29)10-16(14)26-18/h4-10,26H,1-3H3,(H,24,29)(H,25,30)(H4,22,23,28)/b27-11-. The van der Waals surface area contributed by atoms with Crippen molar-refractivity contribution in [1.82, 2.24) is 4.98 Å². The fourth-order valence-corrected chi connectivity index (χ4v) is 2.92. The predicted octanol–water partition coefficient (Wildman–Crippen LogP) is 2.38. The third kappa shape index (κ3) is 5.18. The molecule has 2 amide bonds. The number of hydrogen-bond donors (Lipinski definition) is 5. The fourth-order valence-electron chi connectivity index (χ4n) is 2.92. The third-order valence-electron chi connectivity index (χ3n) is 4.37. The number of hydrogen-bond acceptors (Lipinski definition) is 5. The minimum absolute atomic E-state index is 0.122. The Hall–Kier alpha value is -4.34. The molecule has 0 aliphatic heterocycles. The highest BCUT2D eigenvalue weighted by Crippen LogP contribution is 2.30. The van der Waals surface area contributed by atoms with E-state index < -0.39 is 0 Å². The van der Waals surface area contributed by atoms with Gasteiger partial charge < -0.3 is 31.8 Å². The molecule has 160 valence electrons. The number of carbonyl (C=O) groups excluding carboxylic acids is 2. The number of carbonyl (C=O) groups is 2. The number of fused-ring (bicyclic) bond motifs is 1. The first-order valence-corrected chi connectivity index (χ1v) is 9.30. The van der Waals surface area contributed by atoms with Gasteiger partial charge in [-0.05, 0) is 42.8 Å². The number of ether oxygens (including phenoxy) is 1. The molecule has 1 aromatic heterocycles. The quantitative estimate of drug-likeness (QED) is 0.234. The minimum atomic E-state index is -0.310. The zero-order chi connectivity index (χ0) is 22.5. The van der Waals surface area contributed by atoms with Gasteiger partial charge in [0.15, 0.2) is 0 Å². The Balaban J connectivity index is 1.79. The molecule has 0 unspecified atom stereocenters. The van der Waals surface area contributed by atoms with Crippen molar-refractivity contribution in [1.29, 1.82) is 0 Å². The Bertz CT molecular complexity index is 1190. The lowest BCUT2D eigenvalue weighted by atomic mass is 10.1. The van der Waals surface area contributed by atoms with E-state index in [0.29, 0.717) is 34.0 Å². The lowest BCUT2D eigenvalue weighted by molar-refractivity contribution is -0.114. The summed E-state index contributed by atoms with van der Waals surface area (Å²) in [6.45, 7) is 3.19. The van der Waals surface area contributed by atoms with Gasteiger partial charge in [0.2, 0.25) is 11.9 Å². The van der Waals surface area contributed by atoms with Gasteiger partial charge in [-0.25, -0.2) is 0 Å². The van der Waals surface area contributed by atoms with Crippen LogP contribution >= 0.6 is 0 Å². The van der Waals surface area contributed by atoms with E-state index in [1.807, 2.05) is 0 Å². The van der Waals surface area contributed by atoms with E-state index in [-0.39, 0.29) is 17.8 Å². The predicted molar refractivity (Wildman–Crippen MR) is 122 cm³/mol. The van der Waals surface area contributed by atoms with Crippen molar-refractivity contribution in [3.63, 3.8) is 0 Å². The first-order chi connectivity index (χ1) is 14.8. The number of aromatic amines is 1. The number of aromatic nitrogens is 1. The fraction of sp³-hybridized carbons (Fsp3) is 0.143. The van der Waals surface area contributed by atoms with Crippen LogP contribution in [0.1, 0.15) is 29.9 Å². The molecule has 0 saturated carbocycles. The van der Waals surface area contributed by atoms with Gasteiger partial charge in [-0.2, -0.15) is 5.10 Å². The molecule has 0 bridgehead atoms. The maximum atomic E-state index is 12.7. The highest BCUT2D eigenvalue weighted by molar-refractivity contribution is 6.07. The lowest BCUT2D eigenvalue weighted by Gasteiger charge is -2.08. The van der Waals surface area contributed by atoms with Crippen molar-refractivity contribution in [3.8, 4) is 5.75 Å². The first-order valence-electron chi connectivity index (χ1n) is 9.30. The number of rotatable bonds is 6. The Morgan fingerprint density at radius 1 is 1.00 bits per heavy atom. The van der Waals surface area contributed by atoms with Gasteiger partial charge in [0.1, 0.15) is 11.4 Å². The van der Waals surface area contributed by atoms with Crippen LogP contribution < -0.4 is 26.8 Å². The molecule has 0 aliphatic rings. The van der Waals surface area contributed by atoms with Gasteiger partial charge in [-0.1, -0.05) is 12.1 Å². The molecule has 7 N–H and O–H groups in total. The molecule has 0 atom stereocenters. The van der Waals surface area contributed by atoms with Gasteiger partial charge >= 0.3 is 0 Å². The van der Waals surface area contributed by atoms with Crippen LogP contribution in [0.15, 0.2) is 52.7 Å². The number of nitrogens with two attached hydrogens (primary N) is 2. The van der Waals surface area contributed by atoms with E-state index in [0.717, 1.165) is 10.9 Å². The summed E-state index contributed by atoms with van der Waals surface area (Å²) in [5.74, 6) is -0.149. The van der Waals surface area contributed by atoms with Crippen LogP contribution in [0.4, 0.5) is 11.4 Å². The van der Waals surface area contributed by atoms with Crippen molar-refractivity contribution < 1.29 is 14.3 Å². The highest BCUT2D eigenvalue weighted by Gasteiger charge is 2.13. The normalized spacial score (nSPS) is 11.1. The van der Waals surface area contributed by atoms with Gasteiger partial charge in [0, 0.05) is 23.5 Å². The average Bonchev–Trinajstić information content (AvgIpc) is 3.14. The zero-order valence-corrected chi connectivity index (χ0v) is 17.3. The molecule has 0 saturated heterocycles. The van der Waals surface area contributed by atoms with Gasteiger partial charge in [-0.15, -0.1) is 5.10 Å². The number of nitrogens with one attached hydrogen (secondary N) is 3. The topological polar surface area (TPSA) is 160 Å². The molecular formula is C21H23N7O3. The van der Waals surface area contributed by atoms with Crippen LogP contribution in [-0.4, -0.2) is 35.6 Å². The van der Waals surface area contributed by atoms with Gasteiger partial charge in [0.05, 0.1) is 18.5 Å². The molecule has 2 aromatic carbocycles. The highest BCUT2D eigenvalue weighted by atomic mass is 16.5. The molecule has 0 aliphatic carbocycles. The van der Waals surface area contributed by atoms with E-state index in [1.54, 1.807) is 49.4 Å². The van der Waals surface area contributed by atoms with E-state index in [1.165, 1.54) is 14.0 Å². The van der Waals surface area contributed by atoms with E-state index >= 15 is 0 Å². The SMILES string of the molecule is COc1cc2cc(C(=O)Nc3ccc(/C(C)=N\N=C(N)N)cc3)[nH]c2cc1NC(C)=O. The van der Waals surface area contributed by atoms with E-state index in [9.17, 15) is 9.59 Å². The summed E-state index contributed by atoms with van der Waals surface area (Å²) in [6, 6.07) is 12.3. The number of methoxy groups -OCH3 is 1. The Morgan fingerprint density at radius 3 is 2.32 bits per heavy atom. The Kier molecular flexibility index (Phi) is 6.20. The second-order valence-corrected chi connectivity index (χ2v) is 6.75. The first kappa shape index (κ1) is 21.4. The summed E-state index contributed by atoms with van der Waals surface area (Å²) < 4.78 is 5.32. The maximum absolute atomic E-state index is 12.7. The summed E-state index contributed by atoms with van der Waals surface area (Å²) in [6.07, 6.45) is 0. The number of anilines is 2. The van der Waals surface area contributed by atoms with Crippen LogP contribution in [-0.2, 0) is 4.79 Å². The van der Waals surface area contributed by atoms with Gasteiger partial charge in [0.25, 0.3) is 5.91 Å². The van der Waals surface area contributed by atoms with Crippen molar-refractivity contribution in [3.05, 3.63) is 53.7 Å². The third-order valence-corrected chi connectivity index (χ3v) is 4.37. The molecule has 3 rings (SSSR count). The summed E-state index contributed by atoms with van der Waals surface area (Å²) >= 11 is 0. The largest absolute Gasteiger partial charge is 0.495 e. The van der Waals surface area contributed by atoms with Crippen LogP contribution in [0.25, 0.3) is 10.9 Å². The Morgan fingerprint density at radius 2 is 1.71 bits per heavy atom. The van der Waals surface area contributed by atoms with Gasteiger partial charge in [-0.3, -0.25) is 9.59 Å². The number of guanidine groups is 1. The summed E-state index contributed by atoms with van der Waals surface area (Å²) in [5.41, 5.74) is 14.2. The molecule has 10 heteroatoms. The molecule has 3 aromatic rings. The van der Waals surface area contributed by atoms with E-state index in [2.05, 4.69) is 25.8 Å². The van der Waals surface area contributed by atoms with Crippen LogP contribution in [0.3, 0.4) is 0 Å². The second kappa shape index (κ2) is 8.99. The lowest BCUT2D eigenvalue weighted by Crippen LogP contribution is -2.22. The molecular weight excluding hydrogens is 398 g/mol. The molecule has 1 heterocycles. The van der Waals surface area contributed by atoms with Crippen molar-refractivity contribution in [2.24, 2.45) is 21.7 Å². The number of amides is 2. The Labute approximate surface area is 178 Å². The molecule has 31 heavy (non-hydrogen) atoms. The smallest absolute Gasteiger partial charge is 0.272 e. The van der Waals surface area contributed by atoms with Crippen LogP contribution in [0, 0.1) is 0 Å². The van der Waals surface area contributed by atoms with Crippen LogP contribution in [0.2, 0.25) is 0 Å². The molecule has 10 nitrogen and oxygen atoms in total. The summed E-state index contributed by atoms with van der Waals surface area (Å²) in [5, 5.41) is 13.9. The van der Waals surface area contributed by atoms with Crippen molar-refractivity contribution in [2.75, 3.05) is 17.7 Å². The summed E-state index contributed by atoms with van der Waals surface area (Å²) in [7, 11) is 1.51. The second-order valence-electron chi connectivity index (χ2n) is 6.75. The maximum Gasteiger partial charge on any atom is 0.272 e. The molecule has 0 radical (unpaired) electrons. The number of benzene rings is 2. The minimum Gasteiger partial charge on any atom is -0.495 e. The molecule has 0 fully saturated rings. The van der Waals surface area contributed by atoms with Crippen molar-refractivity contribution in [2.45, 2.75) is 13.8 Å². The zero-order valence-electron chi connectivity index (χ0n) is 17.3. The van der Waals surface area contributed by atoms with Crippen LogP contribution in [0.5, 0.6) is 5.75 Å². The van der Waals surface area contributed by atoms with Crippen molar-refractivity contribution >= 4 is 45.8 Å². The average molecular weight is 421 g/mol. The number of nitrogens with zero attached hydrogens (tertiary/aromatic N) is 2. The molecule has 0 spiro atoms. The summed E-state index contributed by atoms with van der Waals surface area (Å²) in [4.78, 5) is 27.1.